The Morgan fingerprint density at radius 1 is 1.58 bits per heavy atom. The van der Waals surface area contributed by atoms with Gasteiger partial charge in [-0.15, -0.1) is 0 Å². The number of amides is 1. The fourth-order valence-electron chi connectivity index (χ4n) is 3.00. The standard InChI is InChI=1S/C15H25N3O/c1-3-6-15(7-4-8-16-12-15)14(19)17-10-13-5-9-18(2)11-13/h5,9,11,16H,3-4,6-8,10,12H2,1-2H3,(H,17,19). The summed E-state index contributed by atoms with van der Waals surface area (Å²) in [6, 6.07) is 2.05. The van der Waals surface area contributed by atoms with Crippen LogP contribution in [0.2, 0.25) is 0 Å². The monoisotopic (exact) mass is 263 g/mol. The largest absolute Gasteiger partial charge is 0.357 e. The maximum Gasteiger partial charge on any atom is 0.227 e. The highest BCUT2D eigenvalue weighted by Crippen LogP contribution is 2.31. The first-order valence-corrected chi connectivity index (χ1v) is 7.26. The predicted molar refractivity (Wildman–Crippen MR) is 76.7 cm³/mol. The molecule has 4 nitrogen and oxygen atoms in total. The molecular weight excluding hydrogens is 238 g/mol. The van der Waals surface area contributed by atoms with E-state index < -0.39 is 0 Å². The summed E-state index contributed by atoms with van der Waals surface area (Å²) < 4.78 is 2.01. The van der Waals surface area contributed by atoms with Crippen molar-refractivity contribution in [2.75, 3.05) is 13.1 Å². The van der Waals surface area contributed by atoms with E-state index in [9.17, 15) is 4.79 Å². The lowest BCUT2D eigenvalue weighted by Gasteiger charge is -2.36. The molecule has 0 aliphatic carbocycles. The molecule has 0 radical (unpaired) electrons. The summed E-state index contributed by atoms with van der Waals surface area (Å²) in [5.74, 6) is 0.213. The van der Waals surface area contributed by atoms with Crippen LogP contribution in [0.5, 0.6) is 0 Å². The summed E-state index contributed by atoms with van der Waals surface area (Å²) in [7, 11) is 1.99. The normalized spacial score (nSPS) is 23.3. The van der Waals surface area contributed by atoms with Gasteiger partial charge in [0.1, 0.15) is 0 Å². The molecule has 1 unspecified atom stereocenters. The van der Waals surface area contributed by atoms with Gasteiger partial charge in [-0.3, -0.25) is 4.79 Å². The lowest BCUT2D eigenvalue weighted by atomic mass is 9.76. The minimum atomic E-state index is -0.193. The highest BCUT2D eigenvalue weighted by atomic mass is 16.2. The zero-order chi connectivity index (χ0) is 13.7. The van der Waals surface area contributed by atoms with Gasteiger partial charge < -0.3 is 15.2 Å². The first-order valence-electron chi connectivity index (χ1n) is 7.26. The van der Waals surface area contributed by atoms with Crippen molar-refractivity contribution in [2.24, 2.45) is 12.5 Å². The minimum Gasteiger partial charge on any atom is -0.357 e. The summed E-state index contributed by atoms with van der Waals surface area (Å²) in [5, 5.41) is 6.49. The molecule has 1 aromatic heterocycles. The molecule has 1 aliphatic rings. The van der Waals surface area contributed by atoms with Gasteiger partial charge in [0.25, 0.3) is 0 Å². The van der Waals surface area contributed by atoms with Crippen molar-refractivity contribution in [3.05, 3.63) is 24.0 Å². The first kappa shape index (κ1) is 14.1. The highest BCUT2D eigenvalue weighted by molar-refractivity contribution is 5.83. The van der Waals surface area contributed by atoms with E-state index in [1.165, 1.54) is 0 Å². The molecule has 0 saturated carbocycles. The summed E-state index contributed by atoms with van der Waals surface area (Å²) in [6.07, 6.45) is 8.19. The Hall–Kier alpha value is -1.29. The van der Waals surface area contributed by atoms with Gasteiger partial charge >= 0.3 is 0 Å². The summed E-state index contributed by atoms with van der Waals surface area (Å²) >= 11 is 0. The number of carbonyl (C=O) groups is 1. The SMILES string of the molecule is CCCC1(C(=O)NCc2ccn(C)c2)CCCNC1. The number of aryl methyl sites for hydroxylation is 1. The molecule has 2 N–H and O–H groups in total. The van der Waals surface area contributed by atoms with Crippen molar-refractivity contribution in [1.82, 2.24) is 15.2 Å². The van der Waals surface area contributed by atoms with Crippen LogP contribution in [0.3, 0.4) is 0 Å². The molecule has 2 rings (SSSR count). The van der Waals surface area contributed by atoms with Crippen LogP contribution in [0.1, 0.15) is 38.2 Å². The summed E-state index contributed by atoms with van der Waals surface area (Å²) in [4.78, 5) is 12.5. The number of hydrogen-bond donors (Lipinski definition) is 2. The average molecular weight is 263 g/mol. The van der Waals surface area contributed by atoms with Crippen LogP contribution < -0.4 is 10.6 Å². The van der Waals surface area contributed by atoms with E-state index in [-0.39, 0.29) is 11.3 Å². The van der Waals surface area contributed by atoms with Gasteiger partial charge in [0.05, 0.1) is 5.41 Å². The van der Waals surface area contributed by atoms with E-state index in [0.29, 0.717) is 6.54 Å². The quantitative estimate of drug-likeness (QED) is 0.851. The Balaban J connectivity index is 1.95. The van der Waals surface area contributed by atoms with Crippen molar-refractivity contribution in [3.63, 3.8) is 0 Å². The van der Waals surface area contributed by atoms with Crippen molar-refractivity contribution in [2.45, 2.75) is 39.2 Å². The number of nitrogens with one attached hydrogen (secondary N) is 2. The molecule has 0 aromatic carbocycles. The second-order valence-corrected chi connectivity index (χ2v) is 5.68. The zero-order valence-electron chi connectivity index (χ0n) is 12.0. The van der Waals surface area contributed by atoms with E-state index in [1.807, 2.05) is 30.1 Å². The smallest absolute Gasteiger partial charge is 0.227 e. The van der Waals surface area contributed by atoms with E-state index in [4.69, 9.17) is 0 Å². The van der Waals surface area contributed by atoms with E-state index in [0.717, 1.165) is 44.3 Å². The third-order valence-corrected chi connectivity index (χ3v) is 4.03. The van der Waals surface area contributed by atoms with Gasteiger partial charge in [0, 0.05) is 32.5 Å². The molecule has 1 aromatic rings. The van der Waals surface area contributed by atoms with E-state index >= 15 is 0 Å². The third kappa shape index (κ3) is 3.38. The second-order valence-electron chi connectivity index (χ2n) is 5.68. The van der Waals surface area contributed by atoms with Crippen molar-refractivity contribution in [1.29, 1.82) is 0 Å². The Labute approximate surface area is 115 Å². The molecule has 2 heterocycles. The van der Waals surface area contributed by atoms with E-state index in [2.05, 4.69) is 17.6 Å². The minimum absolute atomic E-state index is 0.193. The summed E-state index contributed by atoms with van der Waals surface area (Å²) in [6.45, 7) is 4.64. The Bertz CT molecular complexity index is 413. The Morgan fingerprint density at radius 3 is 3.00 bits per heavy atom. The molecule has 0 spiro atoms. The van der Waals surface area contributed by atoms with Gasteiger partial charge in [-0.2, -0.15) is 0 Å². The number of hydrogen-bond acceptors (Lipinski definition) is 2. The topological polar surface area (TPSA) is 46.1 Å². The van der Waals surface area contributed by atoms with Crippen molar-refractivity contribution >= 4 is 5.91 Å². The lowest BCUT2D eigenvalue weighted by molar-refractivity contribution is -0.132. The van der Waals surface area contributed by atoms with Crippen LogP contribution in [0.4, 0.5) is 0 Å². The number of rotatable bonds is 5. The van der Waals surface area contributed by atoms with Gasteiger partial charge in [0.2, 0.25) is 5.91 Å². The molecule has 106 valence electrons. The molecule has 4 heteroatoms. The van der Waals surface area contributed by atoms with Crippen LogP contribution in [0.15, 0.2) is 18.5 Å². The molecule has 1 atom stereocenters. The molecular formula is C15H25N3O. The molecule has 0 bridgehead atoms. The van der Waals surface area contributed by atoms with Gasteiger partial charge in [0.15, 0.2) is 0 Å². The van der Waals surface area contributed by atoms with Crippen LogP contribution >= 0.6 is 0 Å². The number of aromatic nitrogens is 1. The van der Waals surface area contributed by atoms with Gasteiger partial charge in [-0.05, 0) is 37.4 Å². The maximum atomic E-state index is 12.5. The van der Waals surface area contributed by atoms with Crippen LogP contribution in [-0.4, -0.2) is 23.6 Å². The Kier molecular flexibility index (Phi) is 4.64. The first-order chi connectivity index (χ1) is 9.16. The van der Waals surface area contributed by atoms with Crippen molar-refractivity contribution < 1.29 is 4.79 Å². The third-order valence-electron chi connectivity index (χ3n) is 4.03. The van der Waals surface area contributed by atoms with Crippen molar-refractivity contribution in [3.8, 4) is 0 Å². The van der Waals surface area contributed by atoms with Crippen LogP contribution in [0, 0.1) is 5.41 Å². The predicted octanol–water partition coefficient (Wildman–Crippen LogP) is 1.81. The number of nitrogens with zero attached hydrogens (tertiary/aromatic N) is 1. The lowest BCUT2D eigenvalue weighted by Crippen LogP contribution is -2.50. The van der Waals surface area contributed by atoms with Crippen LogP contribution in [0.25, 0.3) is 0 Å². The molecule has 1 saturated heterocycles. The molecule has 19 heavy (non-hydrogen) atoms. The van der Waals surface area contributed by atoms with Gasteiger partial charge in [-0.1, -0.05) is 13.3 Å². The Morgan fingerprint density at radius 2 is 2.42 bits per heavy atom. The number of carbonyl (C=O) groups excluding carboxylic acids is 1. The van der Waals surface area contributed by atoms with Crippen LogP contribution in [-0.2, 0) is 18.4 Å². The molecule has 1 aliphatic heterocycles. The maximum absolute atomic E-state index is 12.5. The molecule has 1 amide bonds. The fraction of sp³-hybridized carbons (Fsp3) is 0.667. The number of piperidine rings is 1. The summed E-state index contributed by atoms with van der Waals surface area (Å²) in [5.41, 5.74) is 0.966. The second kappa shape index (κ2) is 6.24. The average Bonchev–Trinajstić information content (AvgIpc) is 2.83. The highest BCUT2D eigenvalue weighted by Gasteiger charge is 2.38. The van der Waals surface area contributed by atoms with Gasteiger partial charge in [-0.25, -0.2) is 0 Å². The molecule has 1 fully saturated rings. The van der Waals surface area contributed by atoms with E-state index in [1.54, 1.807) is 0 Å². The fourth-order valence-corrected chi connectivity index (χ4v) is 3.00. The zero-order valence-corrected chi connectivity index (χ0v) is 12.0.